The second-order valence-corrected chi connectivity index (χ2v) is 10.2. The first-order valence-electron chi connectivity index (χ1n) is 12.8. The smallest absolute Gasteiger partial charge is 0.431 e. The van der Waals surface area contributed by atoms with Crippen molar-refractivity contribution in [1.29, 1.82) is 0 Å². The van der Waals surface area contributed by atoms with Crippen molar-refractivity contribution in [3.8, 4) is 16.9 Å². The summed E-state index contributed by atoms with van der Waals surface area (Å²) < 4.78 is 60.9. The van der Waals surface area contributed by atoms with E-state index in [1.54, 1.807) is 31.4 Å². The predicted molar refractivity (Wildman–Crippen MR) is 140 cm³/mol. The van der Waals surface area contributed by atoms with Crippen molar-refractivity contribution in [2.45, 2.75) is 44.8 Å². The van der Waals surface area contributed by atoms with Gasteiger partial charge in [0.25, 0.3) is 0 Å². The van der Waals surface area contributed by atoms with Crippen molar-refractivity contribution < 1.29 is 27.4 Å². The molecule has 8 heteroatoms. The number of halogens is 4. The largest absolute Gasteiger partial charge is 0.497 e. The van der Waals surface area contributed by atoms with Gasteiger partial charge >= 0.3 is 6.18 Å². The Morgan fingerprint density at radius 2 is 1.76 bits per heavy atom. The number of ether oxygens (including phenoxy) is 1. The number of hydrazone groups is 1. The molecule has 38 heavy (non-hydrogen) atoms. The molecule has 1 N–H and O–H groups in total. The molecule has 1 heterocycles. The number of anilines is 1. The number of nitrogens with zero attached hydrogens (tertiary/aromatic N) is 2. The fraction of sp³-hybridized carbons (Fsp3) is 0.367. The summed E-state index contributed by atoms with van der Waals surface area (Å²) in [5, 5.41) is 15.3. The molecule has 0 radical (unpaired) electrons. The Morgan fingerprint density at radius 3 is 2.37 bits per heavy atom. The zero-order valence-electron chi connectivity index (χ0n) is 21.3. The van der Waals surface area contributed by atoms with Crippen LogP contribution in [0.25, 0.3) is 11.1 Å². The van der Waals surface area contributed by atoms with Crippen LogP contribution in [0.1, 0.15) is 36.0 Å². The van der Waals surface area contributed by atoms with Crippen LogP contribution in [0, 0.1) is 24.6 Å². The van der Waals surface area contributed by atoms with Gasteiger partial charge in [0.2, 0.25) is 0 Å². The summed E-state index contributed by atoms with van der Waals surface area (Å²) in [5.74, 6) is -0.302. The van der Waals surface area contributed by atoms with E-state index in [-0.39, 0.29) is 11.7 Å². The molecule has 0 spiro atoms. The van der Waals surface area contributed by atoms with Crippen molar-refractivity contribution >= 4 is 11.4 Å². The zero-order chi connectivity index (χ0) is 27.0. The van der Waals surface area contributed by atoms with E-state index in [2.05, 4.69) is 5.10 Å². The maximum Gasteiger partial charge on any atom is 0.431 e. The molecule has 1 saturated carbocycles. The fourth-order valence-electron chi connectivity index (χ4n) is 5.22. The summed E-state index contributed by atoms with van der Waals surface area (Å²) in [6, 6.07) is 16.9. The van der Waals surface area contributed by atoms with Crippen LogP contribution < -0.4 is 9.75 Å². The molecule has 200 valence electrons. The molecule has 3 aromatic rings. The number of methoxy groups -OCH3 is 1. The molecule has 2 atom stereocenters. The molecule has 1 aliphatic heterocycles. The van der Waals surface area contributed by atoms with Gasteiger partial charge in [0.15, 0.2) is 0 Å². The molecule has 2 unspecified atom stereocenters. The lowest BCUT2D eigenvalue weighted by Gasteiger charge is -2.26. The summed E-state index contributed by atoms with van der Waals surface area (Å²) in [7, 11) is 1.54. The highest BCUT2D eigenvalue weighted by molar-refractivity contribution is 5.95. The van der Waals surface area contributed by atoms with E-state index in [1.165, 1.54) is 11.1 Å². The Bertz CT molecular complexity index is 1330. The van der Waals surface area contributed by atoms with Gasteiger partial charge in [0.1, 0.15) is 17.3 Å². The third-order valence-corrected chi connectivity index (χ3v) is 7.53. The number of aliphatic hydroxyl groups is 1. The molecule has 0 saturated heterocycles. The average Bonchev–Trinajstić information content (AvgIpc) is 3.63. The SMILES string of the molecule is COc1ccc(F)c(-c2ccc(Cc3ccc(N4N=C(C(F)(F)F)C(CC5CC5)C4CO)cc3)c(C)c2)c1. The Morgan fingerprint density at radius 1 is 1.03 bits per heavy atom. The summed E-state index contributed by atoms with van der Waals surface area (Å²) in [4.78, 5) is 0. The highest BCUT2D eigenvalue weighted by Crippen LogP contribution is 2.43. The number of rotatable bonds is 8. The van der Waals surface area contributed by atoms with Crippen molar-refractivity contribution in [2.24, 2.45) is 16.9 Å². The highest BCUT2D eigenvalue weighted by atomic mass is 19.4. The Balaban J connectivity index is 1.34. The lowest BCUT2D eigenvalue weighted by molar-refractivity contribution is -0.0628. The van der Waals surface area contributed by atoms with Crippen molar-refractivity contribution in [3.63, 3.8) is 0 Å². The van der Waals surface area contributed by atoms with Crippen LogP contribution in [0.4, 0.5) is 23.2 Å². The van der Waals surface area contributed by atoms with Gasteiger partial charge < -0.3 is 9.84 Å². The van der Waals surface area contributed by atoms with E-state index < -0.39 is 30.5 Å². The van der Waals surface area contributed by atoms with Gasteiger partial charge in [0, 0.05) is 11.5 Å². The van der Waals surface area contributed by atoms with Crippen LogP contribution in [0.5, 0.6) is 5.75 Å². The first kappa shape index (κ1) is 26.2. The molecule has 1 fully saturated rings. The van der Waals surface area contributed by atoms with Crippen molar-refractivity contribution in [2.75, 3.05) is 18.7 Å². The second kappa shape index (κ2) is 10.4. The number of alkyl halides is 3. The molecular weight excluding hydrogens is 496 g/mol. The van der Waals surface area contributed by atoms with Crippen LogP contribution in [-0.4, -0.2) is 36.8 Å². The molecule has 4 nitrogen and oxygen atoms in total. The Hall–Kier alpha value is -3.39. The summed E-state index contributed by atoms with van der Waals surface area (Å²) >= 11 is 0. The standard InChI is InChI=1S/C30H30F4N2O2/c1-18-13-22(25-16-24(38-2)11-12-27(25)31)8-7-21(18)14-19-5-9-23(10-6-19)36-28(17-37)26(15-20-3-4-20)29(35-36)30(32,33)34/h5-13,16,20,26,28,37H,3-4,14-15,17H2,1-2H3. The molecule has 5 rings (SSSR count). The van der Waals surface area contributed by atoms with Crippen LogP contribution >= 0.6 is 0 Å². The number of hydrogen-bond acceptors (Lipinski definition) is 4. The third kappa shape index (κ3) is 5.41. The van der Waals surface area contributed by atoms with E-state index in [1.807, 2.05) is 37.3 Å². The minimum absolute atomic E-state index is 0.277. The lowest BCUT2D eigenvalue weighted by atomic mass is 9.89. The first-order chi connectivity index (χ1) is 18.2. The maximum atomic E-state index is 14.4. The number of hydrogen-bond donors (Lipinski definition) is 1. The fourth-order valence-corrected chi connectivity index (χ4v) is 5.22. The highest BCUT2D eigenvalue weighted by Gasteiger charge is 2.51. The second-order valence-electron chi connectivity index (χ2n) is 10.2. The van der Waals surface area contributed by atoms with E-state index in [4.69, 9.17) is 4.74 Å². The number of aliphatic hydroxyl groups excluding tert-OH is 1. The normalized spacial score (nSPS) is 19.6. The maximum absolute atomic E-state index is 14.4. The van der Waals surface area contributed by atoms with Crippen molar-refractivity contribution in [3.05, 3.63) is 83.2 Å². The van der Waals surface area contributed by atoms with E-state index in [0.29, 0.717) is 29.8 Å². The molecule has 0 amide bonds. The van der Waals surface area contributed by atoms with Crippen LogP contribution in [0.3, 0.4) is 0 Å². The van der Waals surface area contributed by atoms with Gasteiger partial charge in [-0.25, -0.2) is 4.39 Å². The summed E-state index contributed by atoms with van der Waals surface area (Å²) in [6.07, 6.45) is -1.66. The lowest BCUT2D eigenvalue weighted by Crippen LogP contribution is -2.39. The summed E-state index contributed by atoms with van der Waals surface area (Å²) in [6.45, 7) is 1.57. The zero-order valence-corrected chi connectivity index (χ0v) is 21.3. The third-order valence-electron chi connectivity index (χ3n) is 7.53. The van der Waals surface area contributed by atoms with E-state index in [0.717, 1.165) is 35.1 Å². The summed E-state index contributed by atoms with van der Waals surface area (Å²) in [5.41, 5.74) is 3.97. The van der Waals surface area contributed by atoms with Gasteiger partial charge in [-0.2, -0.15) is 18.3 Å². The quantitative estimate of drug-likeness (QED) is 0.324. The van der Waals surface area contributed by atoms with E-state index in [9.17, 15) is 22.7 Å². The minimum atomic E-state index is -4.53. The van der Waals surface area contributed by atoms with E-state index >= 15 is 0 Å². The van der Waals surface area contributed by atoms with Crippen LogP contribution in [-0.2, 0) is 6.42 Å². The number of aryl methyl sites for hydroxylation is 1. The molecular formula is C30H30F4N2O2. The van der Waals surface area contributed by atoms with Gasteiger partial charge in [-0.05, 0) is 78.3 Å². The average molecular weight is 527 g/mol. The van der Waals surface area contributed by atoms with Crippen molar-refractivity contribution in [1.82, 2.24) is 0 Å². The first-order valence-corrected chi connectivity index (χ1v) is 12.8. The van der Waals surface area contributed by atoms with Crippen LogP contribution in [0.2, 0.25) is 0 Å². The minimum Gasteiger partial charge on any atom is -0.497 e. The van der Waals surface area contributed by atoms with Gasteiger partial charge in [-0.3, -0.25) is 5.01 Å². The topological polar surface area (TPSA) is 45.1 Å². The molecule has 3 aromatic carbocycles. The molecule has 0 aromatic heterocycles. The Labute approximate surface area is 219 Å². The molecule has 0 bridgehead atoms. The van der Waals surface area contributed by atoms with Gasteiger partial charge in [0.05, 0.1) is 25.4 Å². The van der Waals surface area contributed by atoms with Gasteiger partial charge in [-0.1, -0.05) is 43.2 Å². The van der Waals surface area contributed by atoms with Gasteiger partial charge in [-0.15, -0.1) is 0 Å². The molecule has 1 aliphatic carbocycles. The predicted octanol–water partition coefficient (Wildman–Crippen LogP) is 6.92. The monoisotopic (exact) mass is 526 g/mol. The Kier molecular flexibility index (Phi) is 7.18. The van der Waals surface area contributed by atoms with Crippen LogP contribution in [0.15, 0.2) is 65.8 Å². The molecule has 2 aliphatic rings. The number of benzene rings is 3.